The summed E-state index contributed by atoms with van der Waals surface area (Å²) in [6.45, 7) is 6.76. The molecule has 0 aliphatic carbocycles. The summed E-state index contributed by atoms with van der Waals surface area (Å²) in [7, 11) is 0. The Balaban J connectivity index is 3.16. The van der Waals surface area contributed by atoms with Crippen molar-refractivity contribution in [2.75, 3.05) is 0 Å². The van der Waals surface area contributed by atoms with Gasteiger partial charge >= 0.3 is 0 Å². The molecule has 0 fully saturated rings. The molecule has 1 aromatic heterocycles. The third kappa shape index (κ3) is 1.80. The minimum atomic E-state index is 0.396. The number of hydrogen-bond acceptors (Lipinski definition) is 3. The Morgan fingerprint density at radius 3 is 3.08 bits per heavy atom. The molecule has 0 spiro atoms. The second-order valence-corrected chi connectivity index (χ2v) is 2.69. The van der Waals surface area contributed by atoms with Crippen LogP contribution >= 0.6 is 15.9 Å². The van der Waals surface area contributed by atoms with Crippen LogP contribution < -0.4 is 0 Å². The molecule has 60 valence electrons. The summed E-state index contributed by atoms with van der Waals surface area (Å²) in [6, 6.07) is 1.57. The molecule has 1 rings (SSSR count). The Morgan fingerprint density at radius 2 is 2.50 bits per heavy atom. The van der Waals surface area contributed by atoms with Crippen LogP contribution in [-0.2, 0) is 0 Å². The third-order valence-corrected chi connectivity index (χ3v) is 1.78. The second kappa shape index (κ2) is 3.83. The number of nitrogens with zero attached hydrogens (tertiary/aromatic N) is 3. The number of hydrogen-bond donors (Lipinski definition) is 1. The highest BCUT2D eigenvalue weighted by Gasteiger charge is 2.00. The number of halogens is 1. The first-order valence-electron chi connectivity index (χ1n) is 2.98. The number of aromatic nitrogens is 1. The van der Waals surface area contributed by atoms with Crippen LogP contribution in [-0.4, -0.2) is 16.4 Å². The molecule has 1 heterocycles. The molecule has 0 aliphatic heterocycles. The number of pyridine rings is 1. The largest absolute Gasteiger partial charge is 0.411 e. The fraction of sp³-hybridized carbons (Fsp3) is 0. The second-order valence-electron chi connectivity index (χ2n) is 1.93. The molecule has 0 unspecified atom stereocenters. The Morgan fingerprint density at radius 1 is 1.75 bits per heavy atom. The lowest BCUT2D eigenvalue weighted by Crippen LogP contribution is -1.83. The van der Waals surface area contributed by atoms with Gasteiger partial charge in [-0.2, -0.15) is 0 Å². The van der Waals surface area contributed by atoms with E-state index in [9.17, 15) is 0 Å². The maximum absolute atomic E-state index is 8.21. The van der Waals surface area contributed by atoms with Gasteiger partial charge in [0.25, 0.3) is 0 Å². The van der Waals surface area contributed by atoms with Gasteiger partial charge in [-0.3, -0.25) is 4.98 Å². The lowest BCUT2D eigenvalue weighted by atomic mass is 10.3. The van der Waals surface area contributed by atoms with Crippen molar-refractivity contribution >= 4 is 27.8 Å². The number of rotatable bonds is 1. The molecule has 0 aromatic carbocycles. The van der Waals surface area contributed by atoms with E-state index in [1.54, 1.807) is 6.07 Å². The summed E-state index contributed by atoms with van der Waals surface area (Å²) < 4.78 is 0.493. The molecule has 0 radical (unpaired) electrons. The van der Waals surface area contributed by atoms with E-state index >= 15 is 0 Å². The first-order valence-corrected chi connectivity index (χ1v) is 3.77. The van der Waals surface area contributed by atoms with E-state index in [1.165, 1.54) is 12.4 Å². The van der Waals surface area contributed by atoms with Crippen LogP contribution in [0.25, 0.3) is 4.85 Å². The van der Waals surface area contributed by atoms with Crippen LogP contribution in [0.2, 0.25) is 0 Å². The van der Waals surface area contributed by atoms with Crippen molar-refractivity contribution in [2.24, 2.45) is 5.16 Å². The summed E-state index contributed by atoms with van der Waals surface area (Å²) in [5.74, 6) is 0. The van der Waals surface area contributed by atoms with E-state index in [-0.39, 0.29) is 0 Å². The van der Waals surface area contributed by atoms with E-state index in [1.807, 2.05) is 0 Å². The zero-order chi connectivity index (χ0) is 8.97. The first kappa shape index (κ1) is 8.68. The molecule has 0 aliphatic rings. The Bertz CT molecular complexity index is 356. The van der Waals surface area contributed by atoms with Gasteiger partial charge in [0.1, 0.15) is 4.60 Å². The monoisotopic (exact) mass is 225 g/mol. The van der Waals surface area contributed by atoms with Crippen LogP contribution in [0.4, 0.5) is 5.69 Å². The quantitative estimate of drug-likeness (QED) is 0.262. The van der Waals surface area contributed by atoms with Gasteiger partial charge < -0.3 is 5.21 Å². The lowest BCUT2D eigenvalue weighted by Gasteiger charge is -1.94. The van der Waals surface area contributed by atoms with E-state index in [0.717, 1.165) is 0 Å². The van der Waals surface area contributed by atoms with E-state index < -0.39 is 0 Å². The molecule has 1 N–H and O–H groups in total. The highest BCUT2D eigenvalue weighted by molar-refractivity contribution is 9.10. The first-order chi connectivity index (χ1) is 5.77. The van der Waals surface area contributed by atoms with Gasteiger partial charge in [0.15, 0.2) is 0 Å². The minimum Gasteiger partial charge on any atom is -0.411 e. The number of oxime groups is 1. The third-order valence-electron chi connectivity index (χ3n) is 1.17. The fourth-order valence-corrected chi connectivity index (χ4v) is 0.973. The fourth-order valence-electron chi connectivity index (χ4n) is 0.668. The lowest BCUT2D eigenvalue weighted by molar-refractivity contribution is 0.322. The highest BCUT2D eigenvalue weighted by Crippen LogP contribution is 2.22. The van der Waals surface area contributed by atoms with Gasteiger partial charge in [0.05, 0.1) is 12.8 Å². The SMILES string of the molecule is [C-]#[N+]c1cc(/C=N\O)cnc1Br. The van der Waals surface area contributed by atoms with Crippen molar-refractivity contribution < 1.29 is 5.21 Å². The van der Waals surface area contributed by atoms with Gasteiger partial charge in [-0.05, 0) is 22.0 Å². The Labute approximate surface area is 77.5 Å². The van der Waals surface area contributed by atoms with Crippen molar-refractivity contribution in [1.82, 2.24) is 4.98 Å². The Hall–Kier alpha value is -1.41. The highest BCUT2D eigenvalue weighted by atomic mass is 79.9. The van der Waals surface area contributed by atoms with Gasteiger partial charge in [0.2, 0.25) is 5.69 Å². The molecule has 4 nitrogen and oxygen atoms in total. The van der Waals surface area contributed by atoms with Crippen molar-refractivity contribution in [1.29, 1.82) is 0 Å². The summed E-state index contributed by atoms with van der Waals surface area (Å²) in [6.07, 6.45) is 2.71. The zero-order valence-corrected chi connectivity index (χ0v) is 7.48. The summed E-state index contributed by atoms with van der Waals surface area (Å²) in [4.78, 5) is 7.08. The van der Waals surface area contributed by atoms with Crippen molar-refractivity contribution in [2.45, 2.75) is 0 Å². The Kier molecular flexibility index (Phi) is 2.77. The molecular formula is C7H4BrN3O. The van der Waals surface area contributed by atoms with Crippen molar-refractivity contribution in [3.05, 3.63) is 33.8 Å². The average molecular weight is 226 g/mol. The summed E-state index contributed by atoms with van der Waals surface area (Å²) in [5.41, 5.74) is 0.985. The van der Waals surface area contributed by atoms with E-state index in [0.29, 0.717) is 15.9 Å². The maximum atomic E-state index is 8.21. The molecule has 1 aromatic rings. The molecule has 0 bridgehead atoms. The predicted molar refractivity (Wildman–Crippen MR) is 47.6 cm³/mol. The van der Waals surface area contributed by atoms with E-state index in [2.05, 4.69) is 30.9 Å². The molecular weight excluding hydrogens is 222 g/mol. The maximum Gasteiger partial charge on any atom is 0.219 e. The summed E-state index contributed by atoms with van der Waals surface area (Å²) in [5, 5.41) is 11.0. The van der Waals surface area contributed by atoms with Crippen molar-refractivity contribution in [3.8, 4) is 0 Å². The average Bonchev–Trinajstić information content (AvgIpc) is 2.09. The molecule has 0 saturated carbocycles. The zero-order valence-electron chi connectivity index (χ0n) is 5.90. The summed E-state index contributed by atoms with van der Waals surface area (Å²) >= 11 is 3.11. The molecule has 0 amide bonds. The van der Waals surface area contributed by atoms with Gasteiger partial charge in [-0.25, -0.2) is 4.85 Å². The van der Waals surface area contributed by atoms with Crippen LogP contribution in [0.3, 0.4) is 0 Å². The topological polar surface area (TPSA) is 49.8 Å². The van der Waals surface area contributed by atoms with Gasteiger partial charge in [-0.15, -0.1) is 0 Å². The predicted octanol–water partition coefficient (Wildman–Crippen LogP) is 2.20. The van der Waals surface area contributed by atoms with Crippen molar-refractivity contribution in [3.63, 3.8) is 0 Å². The normalized spacial score (nSPS) is 10.0. The molecule has 0 atom stereocenters. The molecule has 0 saturated heterocycles. The van der Waals surface area contributed by atoms with Crippen LogP contribution in [0.15, 0.2) is 22.0 Å². The van der Waals surface area contributed by atoms with E-state index in [4.69, 9.17) is 11.8 Å². The minimum absolute atomic E-state index is 0.396. The van der Waals surface area contributed by atoms with Gasteiger partial charge in [0, 0.05) is 11.8 Å². The smallest absolute Gasteiger partial charge is 0.219 e. The van der Waals surface area contributed by atoms with Crippen LogP contribution in [0.1, 0.15) is 5.56 Å². The molecule has 5 heteroatoms. The van der Waals surface area contributed by atoms with Gasteiger partial charge in [-0.1, -0.05) is 5.16 Å². The standard InChI is InChI=1S/C7H4BrN3O/c1-9-6-2-5(4-11-12)3-10-7(6)8/h2-4,12H/b11-4-. The molecule has 12 heavy (non-hydrogen) atoms. The van der Waals surface area contributed by atoms with Crippen LogP contribution in [0.5, 0.6) is 0 Å². The van der Waals surface area contributed by atoms with Crippen LogP contribution in [0, 0.1) is 6.57 Å².